The van der Waals surface area contributed by atoms with Crippen molar-refractivity contribution < 1.29 is 9.59 Å². The Hall–Kier alpha value is -2.99. The largest absolute Gasteiger partial charge is 0.310 e. The van der Waals surface area contributed by atoms with Gasteiger partial charge in [0.25, 0.3) is 0 Å². The van der Waals surface area contributed by atoms with E-state index in [-0.39, 0.29) is 24.3 Å². The number of hydrogen-bond acceptors (Lipinski definition) is 4. The molecule has 4 rings (SSSR count). The number of hydrogen-bond donors (Lipinski definition) is 1. The Morgan fingerprint density at radius 2 is 1.96 bits per heavy atom. The summed E-state index contributed by atoms with van der Waals surface area (Å²) >= 11 is 1.56. The van der Waals surface area contributed by atoms with Gasteiger partial charge in [-0.25, -0.2) is 4.98 Å². The molecule has 2 unspecified atom stereocenters. The van der Waals surface area contributed by atoms with E-state index in [0.717, 1.165) is 16.1 Å². The predicted molar refractivity (Wildman–Crippen MR) is 107 cm³/mol. The Bertz CT molecular complexity index is 939. The standard InChI is InChI=1S/C21H19N3O2S/c1-14-7-9-15(10-8-14)24-19(25)13-16(20(24)17-5-4-12-27-17)21(26)23-18-6-2-3-11-22-18/h2-12,16,20H,13H2,1H3,(H,22,23,26). The summed E-state index contributed by atoms with van der Waals surface area (Å²) in [6, 6.07) is 16.8. The van der Waals surface area contributed by atoms with Crippen molar-refractivity contribution in [3.05, 3.63) is 76.6 Å². The number of benzene rings is 1. The number of carbonyl (C=O) groups is 2. The lowest BCUT2D eigenvalue weighted by molar-refractivity contribution is -0.122. The van der Waals surface area contributed by atoms with E-state index in [9.17, 15) is 9.59 Å². The number of nitrogens with zero attached hydrogens (tertiary/aromatic N) is 2. The van der Waals surface area contributed by atoms with Crippen LogP contribution < -0.4 is 10.2 Å². The molecule has 3 aromatic rings. The smallest absolute Gasteiger partial charge is 0.231 e. The third-order valence-electron chi connectivity index (χ3n) is 4.72. The van der Waals surface area contributed by atoms with Crippen LogP contribution in [-0.4, -0.2) is 16.8 Å². The third-order valence-corrected chi connectivity index (χ3v) is 5.67. The molecule has 0 bridgehead atoms. The Kier molecular flexibility index (Phi) is 4.73. The summed E-state index contributed by atoms with van der Waals surface area (Å²) in [5.74, 6) is -0.207. The van der Waals surface area contributed by atoms with E-state index in [1.54, 1.807) is 34.6 Å². The van der Waals surface area contributed by atoms with Crippen LogP contribution in [-0.2, 0) is 9.59 Å². The van der Waals surface area contributed by atoms with Crippen LogP contribution in [0.4, 0.5) is 11.5 Å². The number of rotatable bonds is 4. The van der Waals surface area contributed by atoms with Crippen LogP contribution in [0, 0.1) is 12.8 Å². The van der Waals surface area contributed by atoms with Gasteiger partial charge in [-0.1, -0.05) is 29.8 Å². The summed E-state index contributed by atoms with van der Waals surface area (Å²) in [4.78, 5) is 32.8. The Balaban J connectivity index is 1.68. The van der Waals surface area contributed by atoms with Gasteiger partial charge in [0.15, 0.2) is 0 Å². The van der Waals surface area contributed by atoms with E-state index >= 15 is 0 Å². The summed E-state index contributed by atoms with van der Waals surface area (Å²) < 4.78 is 0. The van der Waals surface area contributed by atoms with Gasteiger partial charge in [0.05, 0.1) is 12.0 Å². The summed E-state index contributed by atoms with van der Waals surface area (Å²) in [5, 5.41) is 4.82. The summed E-state index contributed by atoms with van der Waals surface area (Å²) in [5.41, 5.74) is 1.94. The molecule has 1 fully saturated rings. The predicted octanol–water partition coefficient (Wildman–Crippen LogP) is 4.18. The molecule has 0 aliphatic carbocycles. The molecule has 3 heterocycles. The van der Waals surface area contributed by atoms with E-state index in [0.29, 0.717) is 5.82 Å². The van der Waals surface area contributed by atoms with Crippen molar-refractivity contribution >= 4 is 34.7 Å². The fourth-order valence-electron chi connectivity index (χ4n) is 3.42. The molecule has 1 aromatic carbocycles. The molecular weight excluding hydrogens is 358 g/mol. The molecule has 1 N–H and O–H groups in total. The highest BCUT2D eigenvalue weighted by Crippen LogP contribution is 2.43. The monoisotopic (exact) mass is 377 g/mol. The first-order chi connectivity index (χ1) is 13.1. The number of pyridine rings is 1. The number of aryl methyl sites for hydroxylation is 1. The zero-order valence-electron chi connectivity index (χ0n) is 14.8. The first-order valence-electron chi connectivity index (χ1n) is 8.77. The lowest BCUT2D eigenvalue weighted by Crippen LogP contribution is -2.32. The Labute approximate surface area is 161 Å². The van der Waals surface area contributed by atoms with E-state index in [2.05, 4.69) is 10.3 Å². The topological polar surface area (TPSA) is 62.3 Å². The fourth-order valence-corrected chi connectivity index (χ4v) is 4.30. The van der Waals surface area contributed by atoms with Crippen molar-refractivity contribution in [2.45, 2.75) is 19.4 Å². The molecule has 5 nitrogen and oxygen atoms in total. The van der Waals surface area contributed by atoms with Gasteiger partial charge in [0.2, 0.25) is 11.8 Å². The van der Waals surface area contributed by atoms with Gasteiger partial charge in [-0.2, -0.15) is 0 Å². The van der Waals surface area contributed by atoms with E-state index in [4.69, 9.17) is 0 Å². The average Bonchev–Trinajstić information content (AvgIpc) is 3.31. The molecule has 1 aliphatic rings. The second-order valence-electron chi connectivity index (χ2n) is 6.57. The second kappa shape index (κ2) is 7.32. The lowest BCUT2D eigenvalue weighted by Gasteiger charge is -2.27. The third kappa shape index (κ3) is 3.48. The Morgan fingerprint density at radius 3 is 2.63 bits per heavy atom. The van der Waals surface area contributed by atoms with Crippen molar-refractivity contribution in [1.82, 2.24) is 4.98 Å². The number of anilines is 2. The van der Waals surface area contributed by atoms with E-state index in [1.807, 2.05) is 54.8 Å². The van der Waals surface area contributed by atoms with Crippen LogP contribution in [0.2, 0.25) is 0 Å². The molecule has 0 radical (unpaired) electrons. The fraction of sp³-hybridized carbons (Fsp3) is 0.190. The van der Waals surface area contributed by atoms with Crippen molar-refractivity contribution in [1.29, 1.82) is 0 Å². The number of thiophene rings is 1. The highest BCUT2D eigenvalue weighted by molar-refractivity contribution is 7.10. The maximum Gasteiger partial charge on any atom is 0.231 e. The van der Waals surface area contributed by atoms with Crippen molar-refractivity contribution in [3.8, 4) is 0 Å². The van der Waals surface area contributed by atoms with Crippen LogP contribution in [0.15, 0.2) is 66.2 Å². The van der Waals surface area contributed by atoms with E-state index < -0.39 is 5.92 Å². The number of aromatic nitrogens is 1. The quantitative estimate of drug-likeness (QED) is 0.742. The zero-order chi connectivity index (χ0) is 18.8. The molecule has 0 spiro atoms. The van der Waals surface area contributed by atoms with Gasteiger partial charge >= 0.3 is 0 Å². The first kappa shape index (κ1) is 17.4. The molecule has 2 aromatic heterocycles. The maximum atomic E-state index is 13.0. The highest BCUT2D eigenvalue weighted by atomic mass is 32.1. The number of nitrogens with one attached hydrogen (secondary N) is 1. The van der Waals surface area contributed by atoms with Gasteiger partial charge in [0.1, 0.15) is 5.82 Å². The Morgan fingerprint density at radius 1 is 1.15 bits per heavy atom. The minimum Gasteiger partial charge on any atom is -0.310 e. The van der Waals surface area contributed by atoms with Crippen molar-refractivity contribution in [2.75, 3.05) is 10.2 Å². The van der Waals surface area contributed by atoms with Gasteiger partial charge in [-0.15, -0.1) is 11.3 Å². The van der Waals surface area contributed by atoms with E-state index in [1.165, 1.54) is 0 Å². The molecule has 2 atom stereocenters. The molecule has 136 valence electrons. The summed E-state index contributed by atoms with van der Waals surface area (Å²) in [6.07, 6.45) is 1.81. The lowest BCUT2D eigenvalue weighted by atomic mass is 9.97. The minimum atomic E-state index is -0.473. The van der Waals surface area contributed by atoms with Gasteiger partial charge in [0, 0.05) is 23.2 Å². The average molecular weight is 377 g/mol. The maximum absolute atomic E-state index is 13.0. The number of carbonyl (C=O) groups excluding carboxylic acids is 2. The number of amides is 2. The van der Waals surface area contributed by atoms with Crippen molar-refractivity contribution in [2.24, 2.45) is 5.92 Å². The molecule has 0 saturated carbocycles. The van der Waals surface area contributed by atoms with Crippen LogP contribution in [0.5, 0.6) is 0 Å². The van der Waals surface area contributed by atoms with Crippen LogP contribution >= 0.6 is 11.3 Å². The second-order valence-corrected chi connectivity index (χ2v) is 7.55. The zero-order valence-corrected chi connectivity index (χ0v) is 15.6. The molecular formula is C21H19N3O2S. The van der Waals surface area contributed by atoms with Gasteiger partial charge in [-0.3, -0.25) is 9.59 Å². The van der Waals surface area contributed by atoms with Gasteiger partial charge < -0.3 is 10.2 Å². The first-order valence-corrected chi connectivity index (χ1v) is 9.65. The van der Waals surface area contributed by atoms with Crippen LogP contribution in [0.25, 0.3) is 0 Å². The summed E-state index contributed by atoms with van der Waals surface area (Å²) in [6.45, 7) is 2.01. The SMILES string of the molecule is Cc1ccc(N2C(=O)CC(C(=O)Nc3ccccn3)C2c2cccs2)cc1. The molecule has 1 saturated heterocycles. The molecule has 2 amide bonds. The molecule has 27 heavy (non-hydrogen) atoms. The summed E-state index contributed by atoms with van der Waals surface area (Å²) in [7, 11) is 0. The highest BCUT2D eigenvalue weighted by Gasteiger charge is 2.45. The molecule has 6 heteroatoms. The normalized spacial score (nSPS) is 19.3. The molecule has 1 aliphatic heterocycles. The van der Waals surface area contributed by atoms with Crippen LogP contribution in [0.1, 0.15) is 22.9 Å². The van der Waals surface area contributed by atoms with Crippen molar-refractivity contribution in [3.63, 3.8) is 0 Å². The van der Waals surface area contributed by atoms with Gasteiger partial charge in [-0.05, 0) is 42.6 Å². The van der Waals surface area contributed by atoms with Crippen LogP contribution in [0.3, 0.4) is 0 Å². The minimum absolute atomic E-state index is 0.0431.